The van der Waals surface area contributed by atoms with Gasteiger partial charge in [-0.15, -0.1) is 11.8 Å². The van der Waals surface area contributed by atoms with Crippen LogP contribution in [0.15, 0.2) is 53.4 Å². The maximum atomic E-state index is 12.3. The van der Waals surface area contributed by atoms with Gasteiger partial charge in [-0.05, 0) is 54.9 Å². The van der Waals surface area contributed by atoms with Crippen LogP contribution < -0.4 is 17.7 Å². The number of hydrogen-bond donors (Lipinski definition) is 1. The summed E-state index contributed by atoms with van der Waals surface area (Å²) in [6.45, 7) is 5.31. The smallest absolute Gasteiger partial charge is 0.251 e. The van der Waals surface area contributed by atoms with E-state index >= 15 is 0 Å². The number of nitrogens with one attached hydrogen (secondary N) is 1. The molecule has 3 rings (SSSR count). The van der Waals surface area contributed by atoms with Gasteiger partial charge in [0, 0.05) is 40.9 Å². The predicted molar refractivity (Wildman–Crippen MR) is 112 cm³/mol. The lowest BCUT2D eigenvalue weighted by atomic mass is 10.1. The molecule has 0 aliphatic carbocycles. The largest absolute Gasteiger partial charge is 1.00 e. The third-order valence-corrected chi connectivity index (χ3v) is 5.81. The quantitative estimate of drug-likeness (QED) is 0.493. The molecule has 28 heavy (non-hydrogen) atoms. The number of morpholine rings is 1. The summed E-state index contributed by atoms with van der Waals surface area (Å²) in [5.74, 6) is 0.859. The number of hydrogen-bond acceptors (Lipinski definition) is 4. The van der Waals surface area contributed by atoms with Gasteiger partial charge in [-0.1, -0.05) is 23.7 Å². The minimum absolute atomic E-state index is 0. The Hall–Kier alpha value is -1.24. The molecule has 0 spiro atoms. The molecule has 1 saturated heterocycles. The van der Waals surface area contributed by atoms with Gasteiger partial charge in [-0.3, -0.25) is 9.69 Å². The number of benzene rings is 2. The average molecular weight is 440 g/mol. The second-order valence-corrected chi connectivity index (χ2v) is 7.99. The van der Waals surface area contributed by atoms with Crippen LogP contribution in [0.2, 0.25) is 5.02 Å². The molecule has 0 atom stereocenters. The Labute approximate surface area is 182 Å². The number of amides is 1. The zero-order valence-electron chi connectivity index (χ0n) is 15.7. The molecule has 1 heterocycles. The summed E-state index contributed by atoms with van der Waals surface area (Å²) in [7, 11) is 0. The van der Waals surface area contributed by atoms with Gasteiger partial charge < -0.3 is 22.5 Å². The highest BCUT2D eigenvalue weighted by Crippen LogP contribution is 2.24. The lowest BCUT2D eigenvalue weighted by Gasteiger charge is -2.26. The Morgan fingerprint density at radius 1 is 1.07 bits per heavy atom. The van der Waals surface area contributed by atoms with Crippen LogP contribution in [-0.2, 0) is 10.5 Å². The average Bonchev–Trinajstić information content (AvgIpc) is 2.72. The first-order chi connectivity index (χ1) is 13.2. The minimum atomic E-state index is -0.00566. The van der Waals surface area contributed by atoms with Gasteiger partial charge in [0.2, 0.25) is 0 Å². The summed E-state index contributed by atoms with van der Waals surface area (Å²) in [4.78, 5) is 15.8. The second kappa shape index (κ2) is 12.3. The monoisotopic (exact) mass is 439 g/mol. The van der Waals surface area contributed by atoms with E-state index < -0.39 is 0 Å². The molecule has 4 nitrogen and oxygen atoms in total. The number of ether oxygens (including phenoxy) is 1. The van der Waals surface area contributed by atoms with Crippen molar-refractivity contribution >= 4 is 29.3 Å². The van der Waals surface area contributed by atoms with Gasteiger partial charge in [0.05, 0.1) is 13.2 Å². The molecule has 1 aliphatic heterocycles. The first-order valence-corrected chi connectivity index (χ1v) is 10.6. The molecule has 0 bridgehead atoms. The van der Waals surface area contributed by atoms with Crippen molar-refractivity contribution in [1.82, 2.24) is 10.2 Å². The standard InChI is InChI=1S/C21H25ClN2O2S.ClH/c22-19-6-8-20(9-7-19)27-16-17-2-4-18(5-3-17)21(25)23-10-1-11-24-12-14-26-15-13-24;/h2-9H,1,10-16H2,(H,23,25);1H/p-1. The van der Waals surface area contributed by atoms with Crippen LogP contribution in [0.25, 0.3) is 0 Å². The second-order valence-electron chi connectivity index (χ2n) is 6.50. The molecule has 0 saturated carbocycles. The van der Waals surface area contributed by atoms with Crippen LogP contribution in [-0.4, -0.2) is 50.2 Å². The van der Waals surface area contributed by atoms with Crippen LogP contribution in [0.1, 0.15) is 22.3 Å². The molecular formula is C21H25Cl2N2O2S-. The van der Waals surface area contributed by atoms with E-state index in [1.807, 2.05) is 48.5 Å². The molecule has 0 aromatic heterocycles. The topological polar surface area (TPSA) is 41.6 Å². The van der Waals surface area contributed by atoms with Crippen LogP contribution in [0.5, 0.6) is 0 Å². The van der Waals surface area contributed by atoms with E-state index in [2.05, 4.69) is 10.2 Å². The van der Waals surface area contributed by atoms with Crippen LogP contribution >= 0.6 is 23.4 Å². The molecule has 0 radical (unpaired) electrons. The number of nitrogens with zero attached hydrogens (tertiary/aromatic N) is 1. The number of halogens is 2. The normalized spacial score (nSPS) is 14.3. The van der Waals surface area contributed by atoms with Gasteiger partial charge in [0.25, 0.3) is 5.91 Å². The summed E-state index contributed by atoms with van der Waals surface area (Å²) >= 11 is 7.66. The molecule has 1 fully saturated rings. The third kappa shape index (κ3) is 7.64. The Bertz CT molecular complexity index is 720. The van der Waals surface area contributed by atoms with E-state index in [0.29, 0.717) is 12.1 Å². The molecule has 2 aromatic carbocycles. The first kappa shape index (κ1) is 23.0. The van der Waals surface area contributed by atoms with Crippen molar-refractivity contribution in [2.75, 3.05) is 39.4 Å². The molecular weight excluding hydrogens is 415 g/mol. The van der Waals surface area contributed by atoms with E-state index in [9.17, 15) is 4.79 Å². The molecule has 2 aromatic rings. The van der Waals surface area contributed by atoms with E-state index in [1.54, 1.807) is 11.8 Å². The first-order valence-electron chi connectivity index (χ1n) is 9.26. The Balaban J connectivity index is 0.00000280. The van der Waals surface area contributed by atoms with Gasteiger partial charge in [0.15, 0.2) is 0 Å². The highest BCUT2D eigenvalue weighted by molar-refractivity contribution is 7.98. The number of thioether (sulfide) groups is 1. The van der Waals surface area contributed by atoms with Crippen molar-refractivity contribution in [3.8, 4) is 0 Å². The van der Waals surface area contributed by atoms with Gasteiger partial charge in [-0.25, -0.2) is 0 Å². The Morgan fingerprint density at radius 2 is 1.75 bits per heavy atom. The van der Waals surface area contributed by atoms with E-state index in [4.69, 9.17) is 16.3 Å². The fourth-order valence-corrected chi connectivity index (χ4v) is 3.86. The van der Waals surface area contributed by atoms with Crippen molar-refractivity contribution in [1.29, 1.82) is 0 Å². The van der Waals surface area contributed by atoms with Gasteiger partial charge >= 0.3 is 0 Å². The molecule has 0 unspecified atom stereocenters. The van der Waals surface area contributed by atoms with Crippen molar-refractivity contribution in [2.24, 2.45) is 0 Å². The van der Waals surface area contributed by atoms with E-state index in [0.717, 1.165) is 50.0 Å². The summed E-state index contributed by atoms with van der Waals surface area (Å²) in [6, 6.07) is 15.7. The SMILES string of the molecule is O=C(NCCCN1CCOCC1)c1ccc(CSc2ccc(Cl)cc2)cc1.[Cl-]. The fraction of sp³-hybridized carbons (Fsp3) is 0.381. The minimum Gasteiger partial charge on any atom is -1.00 e. The van der Waals surface area contributed by atoms with Crippen LogP contribution in [0.4, 0.5) is 0 Å². The summed E-state index contributed by atoms with van der Waals surface area (Å²) in [5.41, 5.74) is 1.90. The zero-order chi connectivity index (χ0) is 18.9. The predicted octanol–water partition coefficient (Wildman–Crippen LogP) is 1.09. The van der Waals surface area contributed by atoms with Gasteiger partial charge in [0.1, 0.15) is 0 Å². The fourth-order valence-electron chi connectivity index (χ4n) is 2.88. The molecule has 7 heteroatoms. The number of carbonyl (C=O) groups excluding carboxylic acids is 1. The summed E-state index contributed by atoms with van der Waals surface area (Å²) < 4.78 is 5.34. The molecule has 1 aliphatic rings. The molecule has 1 N–H and O–H groups in total. The summed E-state index contributed by atoms with van der Waals surface area (Å²) in [5, 5.41) is 3.76. The maximum absolute atomic E-state index is 12.3. The van der Waals surface area contributed by atoms with Crippen LogP contribution in [0.3, 0.4) is 0 Å². The zero-order valence-corrected chi connectivity index (χ0v) is 18.0. The number of rotatable bonds is 8. The highest BCUT2D eigenvalue weighted by Gasteiger charge is 2.10. The third-order valence-electron chi connectivity index (χ3n) is 4.48. The van der Waals surface area contributed by atoms with E-state index in [-0.39, 0.29) is 18.3 Å². The lowest BCUT2D eigenvalue weighted by Crippen LogP contribution is -3.00. The van der Waals surface area contributed by atoms with Crippen molar-refractivity contribution in [3.05, 3.63) is 64.7 Å². The van der Waals surface area contributed by atoms with E-state index in [1.165, 1.54) is 10.5 Å². The summed E-state index contributed by atoms with van der Waals surface area (Å²) in [6.07, 6.45) is 0.960. The van der Waals surface area contributed by atoms with Crippen LogP contribution in [0, 0.1) is 0 Å². The highest BCUT2D eigenvalue weighted by atomic mass is 35.5. The molecule has 1 amide bonds. The van der Waals surface area contributed by atoms with Gasteiger partial charge in [-0.2, -0.15) is 0 Å². The Kier molecular flexibility index (Phi) is 10.2. The lowest BCUT2D eigenvalue weighted by molar-refractivity contribution is -0.0000149. The number of carbonyl (C=O) groups is 1. The maximum Gasteiger partial charge on any atom is 0.251 e. The van der Waals surface area contributed by atoms with Crippen molar-refractivity contribution in [3.63, 3.8) is 0 Å². The van der Waals surface area contributed by atoms with Crippen molar-refractivity contribution in [2.45, 2.75) is 17.1 Å². The Morgan fingerprint density at radius 3 is 2.43 bits per heavy atom. The molecule has 152 valence electrons. The van der Waals surface area contributed by atoms with Crippen molar-refractivity contribution < 1.29 is 21.9 Å².